The molecule has 18 heavy (non-hydrogen) atoms. The summed E-state index contributed by atoms with van der Waals surface area (Å²) in [7, 11) is 3.82. The first-order chi connectivity index (χ1) is 8.75. The van der Waals surface area contributed by atoms with Gasteiger partial charge in [0.25, 0.3) is 0 Å². The van der Waals surface area contributed by atoms with E-state index in [1.54, 1.807) is 12.4 Å². The van der Waals surface area contributed by atoms with Crippen molar-refractivity contribution in [3.05, 3.63) is 30.9 Å². The first kappa shape index (κ1) is 10.6. The van der Waals surface area contributed by atoms with E-state index in [9.17, 15) is 0 Å². The van der Waals surface area contributed by atoms with E-state index >= 15 is 0 Å². The Morgan fingerprint density at radius 1 is 0.833 bits per heavy atom. The molecule has 0 radical (unpaired) electrons. The van der Waals surface area contributed by atoms with Gasteiger partial charge in [0.15, 0.2) is 0 Å². The topological polar surface area (TPSA) is 78.0 Å². The molecule has 0 bridgehead atoms. The first-order valence-corrected chi connectivity index (χ1v) is 5.50. The molecule has 2 N–H and O–H groups in total. The minimum Gasteiger partial charge on any atom is -0.263 e. The molecule has 0 aliphatic rings. The monoisotopic (exact) mass is 243 g/mol. The van der Waals surface area contributed by atoms with Gasteiger partial charge < -0.3 is 0 Å². The van der Waals surface area contributed by atoms with Gasteiger partial charge in [0.1, 0.15) is 14.1 Å². The van der Waals surface area contributed by atoms with Gasteiger partial charge in [0, 0.05) is 33.7 Å². The minimum atomic E-state index is 0.982. The molecule has 0 saturated carbocycles. The molecule has 0 spiro atoms. The highest BCUT2D eigenvalue weighted by molar-refractivity contribution is 5.64. The largest absolute Gasteiger partial charge is 0.263 e. The van der Waals surface area contributed by atoms with Crippen molar-refractivity contribution in [2.45, 2.75) is 0 Å². The van der Waals surface area contributed by atoms with Crippen LogP contribution >= 0.6 is 0 Å². The van der Waals surface area contributed by atoms with E-state index in [4.69, 9.17) is 0 Å². The van der Waals surface area contributed by atoms with Gasteiger partial charge in [-0.1, -0.05) is 10.4 Å². The second-order valence-corrected chi connectivity index (χ2v) is 4.07. The van der Waals surface area contributed by atoms with Gasteiger partial charge >= 0.3 is 0 Å². The average Bonchev–Trinajstić information content (AvgIpc) is 2.98. The molecule has 3 aromatic rings. The van der Waals surface area contributed by atoms with E-state index in [0.29, 0.717) is 0 Å². The Hall–Kier alpha value is -2.57. The van der Waals surface area contributed by atoms with Crippen LogP contribution in [0.25, 0.3) is 22.5 Å². The maximum Gasteiger partial charge on any atom is 0.214 e. The van der Waals surface area contributed by atoms with Crippen LogP contribution in [0.5, 0.6) is 0 Å². The molecule has 3 rings (SSSR count). The Labute approximate surface area is 103 Å². The molecule has 0 aliphatic heterocycles. The second kappa shape index (κ2) is 4.02. The third-order valence-corrected chi connectivity index (χ3v) is 2.84. The van der Waals surface area contributed by atoms with Crippen molar-refractivity contribution in [1.29, 1.82) is 0 Å². The van der Waals surface area contributed by atoms with Gasteiger partial charge in [-0.15, -0.1) is 0 Å². The molecule has 0 aliphatic carbocycles. The van der Waals surface area contributed by atoms with Crippen molar-refractivity contribution in [3.8, 4) is 22.5 Å². The van der Waals surface area contributed by atoms with Gasteiger partial charge in [0.05, 0.1) is 0 Å². The van der Waals surface area contributed by atoms with Gasteiger partial charge in [-0.2, -0.15) is 9.36 Å². The van der Waals surface area contributed by atoms with Crippen molar-refractivity contribution >= 4 is 0 Å². The highest BCUT2D eigenvalue weighted by atomic mass is 15.4. The van der Waals surface area contributed by atoms with Crippen molar-refractivity contribution in [1.82, 2.24) is 25.6 Å². The zero-order valence-electron chi connectivity index (χ0n) is 10.1. The van der Waals surface area contributed by atoms with Crippen LogP contribution in [-0.2, 0) is 14.1 Å². The second-order valence-electron chi connectivity index (χ2n) is 4.07. The van der Waals surface area contributed by atoms with Crippen molar-refractivity contribution in [2.75, 3.05) is 0 Å². The summed E-state index contributed by atoms with van der Waals surface area (Å²) in [6.45, 7) is 0. The highest BCUT2D eigenvalue weighted by Crippen LogP contribution is 2.19. The Kier molecular flexibility index (Phi) is 2.36. The molecule has 90 valence electrons. The van der Waals surface area contributed by atoms with Crippen molar-refractivity contribution in [2.24, 2.45) is 14.1 Å². The molecule has 7 nitrogen and oxygen atoms in total. The Morgan fingerprint density at radius 2 is 1.33 bits per heavy atom. The van der Waals surface area contributed by atoms with Gasteiger partial charge in [-0.25, -0.2) is 0 Å². The summed E-state index contributed by atoms with van der Waals surface area (Å²) in [6.07, 6.45) is 7.18. The van der Waals surface area contributed by atoms with Crippen LogP contribution in [0.3, 0.4) is 0 Å². The van der Waals surface area contributed by atoms with Gasteiger partial charge in [-0.05, 0) is 6.07 Å². The number of hydrogen-bond acceptors (Lipinski definition) is 3. The molecule has 7 heteroatoms. The molecule has 3 aromatic heterocycles. The summed E-state index contributed by atoms with van der Waals surface area (Å²) in [5.41, 5.74) is 3.97. The molecule has 0 saturated heterocycles. The SMILES string of the molecule is C[n+]1[nH]ncc1-c1cncc(-c2cn[nH][n+]2C)c1. The standard InChI is InChI=1S/C11H11N7/c1-17-10(6-13-15-17)8-3-9(5-12-4-8)11-7-14-16-18(11)2/h3-7H,1-2H3/p+2. The lowest BCUT2D eigenvalue weighted by Gasteiger charge is -1.99. The molecule has 0 aromatic carbocycles. The number of aromatic nitrogens is 7. The number of rotatable bonds is 2. The minimum absolute atomic E-state index is 0.982. The fourth-order valence-electron chi connectivity index (χ4n) is 1.89. The lowest BCUT2D eigenvalue weighted by Crippen LogP contribution is -2.32. The third kappa shape index (κ3) is 1.65. The predicted octanol–water partition coefficient (Wildman–Crippen LogP) is -0.489. The lowest BCUT2D eigenvalue weighted by molar-refractivity contribution is -0.720. The van der Waals surface area contributed by atoms with Crippen LogP contribution in [-0.4, -0.2) is 25.6 Å². The summed E-state index contributed by atoms with van der Waals surface area (Å²) in [5.74, 6) is 0. The number of pyridine rings is 1. The molecule has 0 amide bonds. The van der Waals surface area contributed by atoms with E-state index in [0.717, 1.165) is 22.5 Å². The van der Waals surface area contributed by atoms with Crippen LogP contribution in [0.4, 0.5) is 0 Å². The predicted molar refractivity (Wildman–Crippen MR) is 61.8 cm³/mol. The Morgan fingerprint density at radius 3 is 1.72 bits per heavy atom. The van der Waals surface area contributed by atoms with Gasteiger partial charge in [-0.3, -0.25) is 4.98 Å². The van der Waals surface area contributed by atoms with Crippen LogP contribution in [0.1, 0.15) is 0 Å². The lowest BCUT2D eigenvalue weighted by atomic mass is 10.1. The number of H-pyrrole nitrogens is 2. The third-order valence-electron chi connectivity index (χ3n) is 2.84. The van der Waals surface area contributed by atoms with Crippen LogP contribution in [0.2, 0.25) is 0 Å². The molecular weight excluding hydrogens is 230 g/mol. The van der Waals surface area contributed by atoms with E-state index in [1.165, 1.54) is 0 Å². The fraction of sp³-hybridized carbons (Fsp3) is 0.182. The molecule has 0 fully saturated rings. The summed E-state index contributed by atoms with van der Waals surface area (Å²) in [4.78, 5) is 4.27. The van der Waals surface area contributed by atoms with Crippen LogP contribution < -0.4 is 9.36 Å². The first-order valence-electron chi connectivity index (χ1n) is 5.50. The smallest absolute Gasteiger partial charge is 0.214 e. The zero-order chi connectivity index (χ0) is 12.5. The molecule has 3 heterocycles. The summed E-state index contributed by atoms with van der Waals surface area (Å²) >= 11 is 0. The molecular formula is C11H13N7+2. The normalized spacial score (nSPS) is 10.8. The number of hydrogen-bond donors (Lipinski definition) is 2. The van der Waals surface area contributed by atoms with Crippen molar-refractivity contribution < 1.29 is 9.36 Å². The van der Waals surface area contributed by atoms with Crippen molar-refractivity contribution in [3.63, 3.8) is 0 Å². The highest BCUT2D eigenvalue weighted by Gasteiger charge is 2.15. The van der Waals surface area contributed by atoms with Crippen LogP contribution in [0.15, 0.2) is 30.9 Å². The maximum atomic E-state index is 4.27. The number of aromatic amines is 2. The summed E-state index contributed by atoms with van der Waals surface area (Å²) in [5, 5.41) is 13.7. The van der Waals surface area contributed by atoms with E-state index in [-0.39, 0.29) is 0 Å². The fourth-order valence-corrected chi connectivity index (χ4v) is 1.89. The number of nitrogens with one attached hydrogen (secondary N) is 2. The zero-order valence-corrected chi connectivity index (χ0v) is 10.1. The van der Waals surface area contributed by atoms with Crippen LogP contribution in [0, 0.1) is 0 Å². The quantitative estimate of drug-likeness (QED) is 0.596. The van der Waals surface area contributed by atoms with E-state index in [2.05, 4.69) is 31.7 Å². The number of aryl methyl sites for hydroxylation is 2. The van der Waals surface area contributed by atoms with Gasteiger partial charge in [0.2, 0.25) is 23.8 Å². The number of nitrogens with zero attached hydrogens (tertiary/aromatic N) is 5. The summed E-state index contributed by atoms with van der Waals surface area (Å²) in [6, 6.07) is 2.06. The maximum absolute atomic E-state index is 4.27. The average molecular weight is 243 g/mol. The Balaban J connectivity index is 2.11. The Bertz CT molecular complexity index is 627. The summed E-state index contributed by atoms with van der Waals surface area (Å²) < 4.78 is 3.69. The molecule has 0 unspecified atom stereocenters. The molecule has 0 atom stereocenters. The van der Waals surface area contributed by atoms with E-state index in [1.807, 2.05) is 35.9 Å². The van der Waals surface area contributed by atoms with E-state index < -0.39 is 0 Å².